The lowest BCUT2D eigenvalue weighted by molar-refractivity contribution is -0.151. The summed E-state index contributed by atoms with van der Waals surface area (Å²) in [4.78, 5) is 66.7. The number of esters is 1. The number of amides is 3. The molecular weight excluding hydrogens is 516 g/mol. The van der Waals surface area contributed by atoms with Crippen molar-refractivity contribution in [2.75, 3.05) is 17.3 Å². The zero-order chi connectivity index (χ0) is 27.2. The summed E-state index contributed by atoms with van der Waals surface area (Å²) in [5.41, 5.74) is 0.491. The van der Waals surface area contributed by atoms with Crippen LogP contribution in [0.4, 0.5) is 0 Å². The van der Waals surface area contributed by atoms with E-state index in [4.69, 9.17) is 4.74 Å². The number of carbonyl (C=O) groups excluding carboxylic acids is 5. The maximum absolute atomic E-state index is 13.1. The topological polar surface area (TPSA) is 144 Å². The Morgan fingerprint density at radius 3 is 2.70 bits per heavy atom. The van der Waals surface area contributed by atoms with Gasteiger partial charge in [0.15, 0.2) is 5.12 Å². The number of pyridine rings is 1. The molecule has 12 heteroatoms. The van der Waals surface area contributed by atoms with Crippen molar-refractivity contribution in [3.8, 4) is 0 Å². The number of cyclic esters (lactones) is 1. The molecule has 0 fully saturated rings. The van der Waals surface area contributed by atoms with E-state index in [0.717, 1.165) is 0 Å². The summed E-state index contributed by atoms with van der Waals surface area (Å²) >= 11 is 2.61. The molecule has 200 valence electrons. The summed E-state index contributed by atoms with van der Waals surface area (Å²) in [5, 5.41) is 7.89. The summed E-state index contributed by atoms with van der Waals surface area (Å²) in [7, 11) is 0. The maximum Gasteiger partial charge on any atom is 0.330 e. The lowest BCUT2D eigenvalue weighted by Crippen LogP contribution is -2.47. The van der Waals surface area contributed by atoms with Crippen molar-refractivity contribution in [3.63, 3.8) is 0 Å². The number of nitrogens with one attached hydrogen (secondary N) is 3. The number of fused-ring (bicyclic) bond motifs is 2. The molecule has 10 nitrogen and oxygen atoms in total. The predicted molar refractivity (Wildman–Crippen MR) is 144 cm³/mol. The highest BCUT2D eigenvalue weighted by Crippen LogP contribution is 2.11. The van der Waals surface area contributed by atoms with E-state index in [9.17, 15) is 24.0 Å². The Kier molecular flexibility index (Phi) is 12.9. The van der Waals surface area contributed by atoms with Gasteiger partial charge in [-0.1, -0.05) is 36.9 Å². The number of ether oxygens (including phenoxy) is 1. The number of rotatable bonds is 7. The highest BCUT2D eigenvalue weighted by atomic mass is 32.2. The van der Waals surface area contributed by atoms with Crippen LogP contribution in [-0.2, 0) is 30.5 Å². The predicted octanol–water partition coefficient (Wildman–Crippen LogP) is 2.11. The monoisotopic (exact) mass is 548 g/mol. The van der Waals surface area contributed by atoms with Crippen molar-refractivity contribution < 1.29 is 28.7 Å². The van der Waals surface area contributed by atoms with E-state index in [1.807, 2.05) is 6.92 Å². The molecule has 2 atom stereocenters. The second-order valence-corrected chi connectivity index (χ2v) is 10.5. The smallest absolute Gasteiger partial charge is 0.330 e. The minimum atomic E-state index is -1.01. The summed E-state index contributed by atoms with van der Waals surface area (Å²) in [6.45, 7) is 5.06. The van der Waals surface area contributed by atoms with Crippen LogP contribution in [0.1, 0.15) is 49.8 Å². The number of allylic oxidation sites excluding steroid dienone is 2. The first-order chi connectivity index (χ1) is 17.7. The molecule has 0 aromatic carbocycles. The van der Waals surface area contributed by atoms with Gasteiger partial charge in [0.2, 0.25) is 5.91 Å². The Morgan fingerprint density at radius 1 is 1.22 bits per heavy atom. The number of hydrogen-bond donors (Lipinski definition) is 3. The van der Waals surface area contributed by atoms with Gasteiger partial charge in [-0.2, -0.15) is 11.8 Å². The normalized spacial score (nSPS) is 20.8. The van der Waals surface area contributed by atoms with Crippen molar-refractivity contribution in [2.45, 2.75) is 52.3 Å². The van der Waals surface area contributed by atoms with Gasteiger partial charge in [0.1, 0.15) is 23.5 Å². The van der Waals surface area contributed by atoms with Crippen LogP contribution >= 0.6 is 23.5 Å². The van der Waals surface area contributed by atoms with Crippen molar-refractivity contribution >= 4 is 52.3 Å². The zero-order valence-electron chi connectivity index (χ0n) is 21.1. The summed E-state index contributed by atoms with van der Waals surface area (Å²) in [5.74, 6) is -0.825. The van der Waals surface area contributed by atoms with Crippen LogP contribution in [-0.4, -0.2) is 63.2 Å². The van der Waals surface area contributed by atoms with Gasteiger partial charge in [-0.15, -0.1) is 0 Å². The van der Waals surface area contributed by atoms with Crippen LogP contribution in [0, 0.1) is 0 Å². The summed E-state index contributed by atoms with van der Waals surface area (Å²) in [6.07, 6.45) is 4.32. The Bertz CT molecular complexity index is 1060. The molecule has 1 aromatic rings. The SMILES string of the molecule is C/C=C1\NC(=O)c2cccc(n2)CNC(=O)C[C@@H](/C=C/CCSC(C)=O)OC(=O)C(CSCC)NC1=O. The highest BCUT2D eigenvalue weighted by Gasteiger charge is 2.27. The molecule has 1 aliphatic rings. The fraction of sp³-hybridized carbons (Fsp3) is 0.440. The van der Waals surface area contributed by atoms with Crippen molar-refractivity contribution in [2.24, 2.45) is 0 Å². The number of aromatic nitrogens is 1. The van der Waals surface area contributed by atoms with Gasteiger partial charge >= 0.3 is 5.97 Å². The van der Waals surface area contributed by atoms with E-state index in [0.29, 0.717) is 23.6 Å². The lowest BCUT2D eigenvalue weighted by atomic mass is 10.2. The third-order valence-corrected chi connectivity index (χ3v) is 6.78. The van der Waals surface area contributed by atoms with E-state index in [2.05, 4.69) is 20.9 Å². The number of carbonyl (C=O) groups is 5. The van der Waals surface area contributed by atoms with E-state index in [1.165, 1.54) is 42.6 Å². The molecule has 3 amide bonds. The standard InChI is InChI=1S/C25H32N4O6S2/c1-4-19-23(32)29-21(15-36-5-2)25(34)35-18(10-6-7-12-37-16(3)30)13-22(31)26-14-17-9-8-11-20(27-17)24(33)28-19/h4,6,8-11,18,21H,5,7,12-15H2,1-3H3,(H,26,31)(H,28,33)(H,29,32)/b10-6+,19-4-/t18-,21?/m1/s1. The molecule has 37 heavy (non-hydrogen) atoms. The largest absolute Gasteiger partial charge is 0.456 e. The van der Waals surface area contributed by atoms with E-state index in [1.54, 1.807) is 31.2 Å². The molecule has 2 bridgehead atoms. The lowest BCUT2D eigenvalue weighted by Gasteiger charge is -2.22. The average molecular weight is 549 g/mol. The molecule has 3 N–H and O–H groups in total. The molecule has 0 radical (unpaired) electrons. The summed E-state index contributed by atoms with van der Waals surface area (Å²) < 4.78 is 5.63. The van der Waals surface area contributed by atoms with Crippen LogP contribution in [0.5, 0.6) is 0 Å². The number of nitrogens with zero attached hydrogens (tertiary/aromatic N) is 1. The fourth-order valence-electron chi connectivity index (χ4n) is 3.13. The third kappa shape index (κ3) is 10.8. The third-order valence-electron chi connectivity index (χ3n) is 4.96. The summed E-state index contributed by atoms with van der Waals surface area (Å²) in [6, 6.07) is 3.78. The minimum Gasteiger partial charge on any atom is -0.456 e. The van der Waals surface area contributed by atoms with Crippen LogP contribution in [0.2, 0.25) is 0 Å². The Balaban J connectivity index is 2.33. The van der Waals surface area contributed by atoms with Gasteiger partial charge in [-0.3, -0.25) is 19.2 Å². The average Bonchev–Trinajstić information content (AvgIpc) is 2.87. The maximum atomic E-state index is 13.1. The van der Waals surface area contributed by atoms with Crippen molar-refractivity contribution in [1.82, 2.24) is 20.9 Å². The van der Waals surface area contributed by atoms with Gasteiger partial charge in [0, 0.05) is 18.4 Å². The fourth-order valence-corrected chi connectivity index (χ4v) is 4.37. The second kappa shape index (κ2) is 15.9. The van der Waals surface area contributed by atoms with Gasteiger partial charge in [-0.05, 0) is 37.3 Å². The minimum absolute atomic E-state index is 0.00490. The number of hydrogen-bond acceptors (Lipinski definition) is 9. The molecule has 2 heterocycles. The van der Waals surface area contributed by atoms with Crippen LogP contribution in [0.15, 0.2) is 42.1 Å². The first-order valence-corrected chi connectivity index (χ1v) is 14.0. The van der Waals surface area contributed by atoms with Crippen LogP contribution < -0.4 is 16.0 Å². The Morgan fingerprint density at radius 2 is 2.00 bits per heavy atom. The molecular formula is C25H32N4O6S2. The molecule has 0 spiro atoms. The molecule has 1 aromatic heterocycles. The van der Waals surface area contributed by atoms with E-state index < -0.39 is 29.9 Å². The molecule has 0 saturated heterocycles. The van der Waals surface area contributed by atoms with Crippen LogP contribution in [0.3, 0.4) is 0 Å². The van der Waals surface area contributed by atoms with E-state index >= 15 is 0 Å². The molecule has 0 saturated carbocycles. The Hall–Kier alpha value is -3.12. The first-order valence-electron chi connectivity index (χ1n) is 11.8. The van der Waals surface area contributed by atoms with Gasteiger partial charge in [0.25, 0.3) is 11.8 Å². The van der Waals surface area contributed by atoms with Crippen LogP contribution in [0.25, 0.3) is 0 Å². The van der Waals surface area contributed by atoms with Gasteiger partial charge in [0.05, 0.1) is 18.7 Å². The molecule has 0 aliphatic carbocycles. The highest BCUT2D eigenvalue weighted by molar-refractivity contribution is 8.13. The Labute approximate surface area is 224 Å². The quantitative estimate of drug-likeness (QED) is 0.202. The zero-order valence-corrected chi connectivity index (χ0v) is 22.7. The van der Waals surface area contributed by atoms with E-state index in [-0.39, 0.29) is 41.1 Å². The van der Waals surface area contributed by atoms with Gasteiger partial charge in [-0.25, -0.2) is 9.78 Å². The molecule has 2 rings (SSSR count). The second-order valence-electron chi connectivity index (χ2n) is 7.87. The van der Waals surface area contributed by atoms with Crippen molar-refractivity contribution in [3.05, 3.63) is 53.5 Å². The number of thioether (sulfide) groups is 2. The first kappa shape index (κ1) is 30.1. The molecule has 1 unspecified atom stereocenters. The molecule has 1 aliphatic heterocycles. The van der Waals surface area contributed by atoms with Crippen molar-refractivity contribution in [1.29, 1.82) is 0 Å². The van der Waals surface area contributed by atoms with Gasteiger partial charge < -0.3 is 20.7 Å².